The van der Waals surface area contributed by atoms with Gasteiger partial charge in [0.05, 0.1) is 17.9 Å². The van der Waals surface area contributed by atoms with Crippen LogP contribution in [0, 0.1) is 5.92 Å². The molecule has 0 unspecified atom stereocenters. The fourth-order valence-electron chi connectivity index (χ4n) is 2.97. The Morgan fingerprint density at radius 2 is 2.00 bits per heavy atom. The molecule has 2 saturated carbocycles. The Bertz CT molecular complexity index is 881. The normalized spacial score (nSPS) is 17.0. The zero-order valence-corrected chi connectivity index (χ0v) is 14.0. The highest BCUT2D eigenvalue weighted by molar-refractivity contribution is 5.70. The van der Waals surface area contributed by atoms with E-state index >= 15 is 0 Å². The minimum atomic E-state index is 0.504. The molecule has 0 aliphatic heterocycles. The lowest BCUT2D eigenvalue weighted by molar-refractivity contribution is 0.805. The molecule has 2 fully saturated rings. The molecule has 3 heterocycles. The summed E-state index contributed by atoms with van der Waals surface area (Å²) in [4.78, 5) is 4.37. The Balaban J connectivity index is 1.46. The molecule has 7 nitrogen and oxygen atoms in total. The Labute approximate surface area is 145 Å². The summed E-state index contributed by atoms with van der Waals surface area (Å²) in [6, 6.07) is 7.97. The lowest BCUT2D eigenvalue weighted by atomic mass is 10.3. The third-order valence-electron chi connectivity index (χ3n) is 4.79. The lowest BCUT2D eigenvalue weighted by Crippen LogP contribution is -2.11. The van der Waals surface area contributed by atoms with E-state index in [1.54, 1.807) is 0 Å². The van der Waals surface area contributed by atoms with Crippen LogP contribution < -0.4 is 10.6 Å². The van der Waals surface area contributed by atoms with E-state index in [9.17, 15) is 0 Å². The highest BCUT2D eigenvalue weighted by Gasteiger charge is 2.30. The molecular formula is C18H21N7. The minimum Gasteiger partial charge on any atom is -0.376 e. The Morgan fingerprint density at radius 3 is 2.76 bits per heavy atom. The highest BCUT2D eigenvalue weighted by atomic mass is 15.4. The first kappa shape index (κ1) is 14.6. The number of hydrogen-bond donors (Lipinski definition) is 2. The van der Waals surface area contributed by atoms with Gasteiger partial charge in [0.2, 0.25) is 5.65 Å². The van der Waals surface area contributed by atoms with Gasteiger partial charge in [-0.25, -0.2) is 0 Å². The van der Waals surface area contributed by atoms with Gasteiger partial charge in [-0.1, -0.05) is 6.07 Å². The van der Waals surface area contributed by atoms with Crippen molar-refractivity contribution in [1.29, 1.82) is 0 Å². The average Bonchev–Trinajstić information content (AvgIpc) is 3.57. The van der Waals surface area contributed by atoms with Gasteiger partial charge in [-0.15, -0.1) is 15.3 Å². The molecule has 0 atom stereocenters. The molecule has 0 bridgehead atoms. The van der Waals surface area contributed by atoms with Crippen LogP contribution >= 0.6 is 0 Å². The molecule has 0 aromatic carbocycles. The van der Waals surface area contributed by atoms with Crippen molar-refractivity contribution in [2.75, 3.05) is 17.2 Å². The molecule has 2 N–H and O–H groups in total. The third-order valence-corrected chi connectivity index (χ3v) is 4.79. The van der Waals surface area contributed by atoms with Gasteiger partial charge >= 0.3 is 0 Å². The van der Waals surface area contributed by atoms with Crippen LogP contribution in [-0.4, -0.2) is 31.3 Å². The number of aromatic nitrogens is 5. The summed E-state index contributed by atoms with van der Waals surface area (Å²) in [5.74, 6) is 3.16. The van der Waals surface area contributed by atoms with Crippen LogP contribution in [0.2, 0.25) is 0 Å². The number of fused-ring (bicyclic) bond motifs is 1. The van der Waals surface area contributed by atoms with Gasteiger partial charge in [0, 0.05) is 24.7 Å². The summed E-state index contributed by atoms with van der Waals surface area (Å²) < 4.78 is 1.91. The molecule has 5 rings (SSSR count). The topological polar surface area (TPSA) is 80.0 Å². The molecule has 25 heavy (non-hydrogen) atoms. The van der Waals surface area contributed by atoms with E-state index < -0.39 is 0 Å². The van der Waals surface area contributed by atoms with Gasteiger partial charge in [-0.2, -0.15) is 4.52 Å². The first-order valence-corrected chi connectivity index (χ1v) is 9.01. The van der Waals surface area contributed by atoms with Crippen molar-refractivity contribution in [1.82, 2.24) is 24.8 Å². The van der Waals surface area contributed by atoms with Gasteiger partial charge in [0.25, 0.3) is 0 Å². The fraction of sp³-hybridized carbons (Fsp3) is 0.444. The molecular weight excluding hydrogens is 314 g/mol. The molecule has 7 heteroatoms. The van der Waals surface area contributed by atoms with Crippen molar-refractivity contribution in [3.63, 3.8) is 0 Å². The molecule has 3 aromatic rings. The van der Waals surface area contributed by atoms with Gasteiger partial charge in [0.15, 0.2) is 5.82 Å². The molecule has 2 aliphatic carbocycles. The zero-order valence-electron chi connectivity index (χ0n) is 14.0. The van der Waals surface area contributed by atoms with E-state index in [0.29, 0.717) is 12.5 Å². The summed E-state index contributed by atoms with van der Waals surface area (Å²) in [6.07, 6.45) is 6.81. The van der Waals surface area contributed by atoms with Gasteiger partial charge in [-0.3, -0.25) is 4.98 Å². The molecule has 0 spiro atoms. The molecule has 128 valence electrons. The summed E-state index contributed by atoms with van der Waals surface area (Å²) in [5.41, 5.74) is 2.72. The molecule has 0 radical (unpaired) electrons. The van der Waals surface area contributed by atoms with Crippen molar-refractivity contribution >= 4 is 17.2 Å². The highest BCUT2D eigenvalue weighted by Crippen LogP contribution is 2.39. The lowest BCUT2D eigenvalue weighted by Gasteiger charge is -2.11. The van der Waals surface area contributed by atoms with Gasteiger partial charge in [-0.05, 0) is 43.7 Å². The van der Waals surface area contributed by atoms with Crippen LogP contribution in [0.1, 0.15) is 43.1 Å². The molecule has 3 aromatic heterocycles. The second-order valence-electron chi connectivity index (χ2n) is 7.01. The predicted molar refractivity (Wildman–Crippen MR) is 95.5 cm³/mol. The first-order valence-electron chi connectivity index (χ1n) is 9.01. The SMILES string of the molecule is c1ccc(CNc2cc(NCC3CC3)nn3c(C4CC4)nnc23)nc1. The summed E-state index contributed by atoms with van der Waals surface area (Å²) in [5, 5.41) is 20.4. The summed E-state index contributed by atoms with van der Waals surface area (Å²) >= 11 is 0. The second kappa shape index (κ2) is 5.98. The van der Waals surface area contributed by atoms with Crippen LogP contribution in [0.15, 0.2) is 30.5 Å². The first-order chi connectivity index (χ1) is 12.4. The van der Waals surface area contributed by atoms with Crippen molar-refractivity contribution in [2.24, 2.45) is 5.92 Å². The quantitative estimate of drug-likeness (QED) is 0.691. The van der Waals surface area contributed by atoms with Crippen molar-refractivity contribution in [3.05, 3.63) is 42.0 Å². The standard InChI is InChI=1S/C18H21N7/c1-2-8-19-14(3-1)11-20-15-9-16(21-10-12-4-5-12)24-25-17(13-6-7-13)22-23-18(15)25/h1-3,8-9,12-13,20H,4-7,10-11H2,(H,21,24). The maximum absolute atomic E-state index is 4.74. The minimum absolute atomic E-state index is 0.504. The maximum Gasteiger partial charge on any atom is 0.201 e. The zero-order chi connectivity index (χ0) is 16.6. The monoisotopic (exact) mass is 335 g/mol. The van der Waals surface area contributed by atoms with E-state index in [1.807, 2.05) is 35.0 Å². The number of rotatable bonds is 7. The Morgan fingerprint density at radius 1 is 1.08 bits per heavy atom. The predicted octanol–water partition coefficient (Wildman–Crippen LogP) is 2.83. The fourth-order valence-corrected chi connectivity index (χ4v) is 2.97. The Hall–Kier alpha value is -2.70. The van der Waals surface area contributed by atoms with Gasteiger partial charge < -0.3 is 10.6 Å². The molecule has 2 aliphatic rings. The summed E-state index contributed by atoms with van der Waals surface area (Å²) in [6.45, 7) is 1.63. The Kier molecular flexibility index (Phi) is 3.50. The van der Waals surface area contributed by atoms with Crippen molar-refractivity contribution < 1.29 is 0 Å². The number of nitrogens with one attached hydrogen (secondary N) is 2. The number of nitrogens with zero attached hydrogens (tertiary/aromatic N) is 5. The summed E-state index contributed by atoms with van der Waals surface area (Å²) in [7, 11) is 0. The maximum atomic E-state index is 4.74. The third kappa shape index (κ3) is 3.14. The smallest absolute Gasteiger partial charge is 0.201 e. The number of pyridine rings is 1. The average molecular weight is 335 g/mol. The van der Waals surface area contributed by atoms with Crippen LogP contribution in [0.25, 0.3) is 5.65 Å². The van der Waals surface area contributed by atoms with E-state index in [4.69, 9.17) is 5.10 Å². The molecule has 0 saturated heterocycles. The van der Waals surface area contributed by atoms with Crippen LogP contribution in [0.4, 0.5) is 11.5 Å². The van der Waals surface area contributed by atoms with E-state index in [-0.39, 0.29) is 0 Å². The van der Waals surface area contributed by atoms with Gasteiger partial charge in [0.1, 0.15) is 5.82 Å². The van der Waals surface area contributed by atoms with Crippen LogP contribution in [0.3, 0.4) is 0 Å². The van der Waals surface area contributed by atoms with Crippen LogP contribution in [0.5, 0.6) is 0 Å². The van der Waals surface area contributed by atoms with Crippen molar-refractivity contribution in [2.45, 2.75) is 38.1 Å². The number of anilines is 2. The number of hydrogen-bond acceptors (Lipinski definition) is 6. The second-order valence-corrected chi connectivity index (χ2v) is 7.01. The van der Waals surface area contributed by atoms with Crippen molar-refractivity contribution in [3.8, 4) is 0 Å². The van der Waals surface area contributed by atoms with E-state index in [1.165, 1.54) is 25.7 Å². The van der Waals surface area contributed by atoms with E-state index in [0.717, 1.165) is 41.1 Å². The molecule has 0 amide bonds. The van der Waals surface area contributed by atoms with E-state index in [2.05, 4.69) is 25.8 Å². The van der Waals surface area contributed by atoms with Crippen LogP contribution in [-0.2, 0) is 6.54 Å². The largest absolute Gasteiger partial charge is 0.376 e.